The molecule has 0 aliphatic heterocycles. The van der Waals surface area contributed by atoms with E-state index in [-0.39, 0.29) is 24.1 Å². The van der Waals surface area contributed by atoms with Gasteiger partial charge in [-0.15, -0.1) is 10.2 Å². The maximum atomic E-state index is 12.4. The third-order valence-electron chi connectivity index (χ3n) is 4.82. The lowest BCUT2D eigenvalue weighted by molar-refractivity contribution is -0.113. The van der Waals surface area contributed by atoms with Crippen LogP contribution in [0, 0.1) is 0 Å². The third kappa shape index (κ3) is 5.09. The van der Waals surface area contributed by atoms with Crippen LogP contribution < -0.4 is 10.6 Å². The number of anilines is 1. The number of carbonyl (C=O) groups excluding carboxylic acids is 2. The van der Waals surface area contributed by atoms with Crippen molar-refractivity contribution in [3.8, 4) is 0 Å². The smallest absolute Gasteiger partial charge is 0.253 e. The second kappa shape index (κ2) is 9.84. The highest BCUT2D eigenvalue weighted by atomic mass is 35.5. The summed E-state index contributed by atoms with van der Waals surface area (Å²) in [4.78, 5) is 24.7. The van der Waals surface area contributed by atoms with Crippen LogP contribution in [0.1, 0.15) is 16.2 Å². The van der Waals surface area contributed by atoms with E-state index in [2.05, 4.69) is 20.8 Å². The van der Waals surface area contributed by atoms with Crippen molar-refractivity contribution in [3.63, 3.8) is 0 Å². The monoisotopic (exact) mass is 465 g/mol. The molecule has 7 nitrogen and oxygen atoms in total. The predicted molar refractivity (Wildman–Crippen MR) is 127 cm³/mol. The number of nitrogens with one attached hydrogen (secondary N) is 2. The van der Waals surface area contributed by atoms with E-state index in [1.807, 2.05) is 42.5 Å². The summed E-state index contributed by atoms with van der Waals surface area (Å²) in [7, 11) is 1.79. The first-order valence-electron chi connectivity index (χ1n) is 9.84. The van der Waals surface area contributed by atoms with Crippen molar-refractivity contribution >= 4 is 51.6 Å². The zero-order valence-electron chi connectivity index (χ0n) is 17.2. The average molecular weight is 466 g/mol. The summed E-state index contributed by atoms with van der Waals surface area (Å²) in [6.45, 7) is 0.192. The number of benzene rings is 3. The van der Waals surface area contributed by atoms with E-state index >= 15 is 0 Å². The molecule has 0 radical (unpaired) electrons. The Hall–Kier alpha value is -3.36. The molecule has 0 bridgehead atoms. The van der Waals surface area contributed by atoms with E-state index in [4.69, 9.17) is 11.6 Å². The Morgan fingerprint density at radius 3 is 2.56 bits per heavy atom. The molecule has 162 valence electrons. The number of rotatable bonds is 7. The van der Waals surface area contributed by atoms with Crippen molar-refractivity contribution < 1.29 is 9.59 Å². The second-order valence-corrected chi connectivity index (χ2v) is 8.37. The lowest BCUT2D eigenvalue weighted by Crippen LogP contribution is -2.24. The Kier molecular flexibility index (Phi) is 6.72. The summed E-state index contributed by atoms with van der Waals surface area (Å²) in [6.07, 6.45) is 0. The van der Waals surface area contributed by atoms with Gasteiger partial charge in [-0.05, 0) is 35.0 Å². The quantitative estimate of drug-likeness (QED) is 0.397. The molecule has 1 heterocycles. The lowest BCUT2D eigenvalue weighted by atomic mass is 10.1. The van der Waals surface area contributed by atoms with E-state index in [0.717, 1.165) is 16.5 Å². The van der Waals surface area contributed by atoms with E-state index in [0.29, 0.717) is 21.6 Å². The van der Waals surface area contributed by atoms with Crippen LogP contribution in [0.4, 0.5) is 5.69 Å². The van der Waals surface area contributed by atoms with Crippen LogP contribution in [-0.2, 0) is 18.4 Å². The van der Waals surface area contributed by atoms with Gasteiger partial charge in [0.15, 0.2) is 11.0 Å². The summed E-state index contributed by atoms with van der Waals surface area (Å²) in [5.41, 5.74) is 1.14. The molecule has 0 saturated carbocycles. The van der Waals surface area contributed by atoms with Crippen molar-refractivity contribution in [2.24, 2.45) is 7.05 Å². The lowest BCUT2D eigenvalue weighted by Gasteiger charge is -2.08. The van der Waals surface area contributed by atoms with Gasteiger partial charge in [0.05, 0.1) is 22.9 Å². The van der Waals surface area contributed by atoms with Gasteiger partial charge in [0.1, 0.15) is 0 Å². The minimum atomic E-state index is -0.289. The fourth-order valence-corrected chi connectivity index (χ4v) is 4.07. The Morgan fingerprint density at radius 1 is 1.00 bits per heavy atom. The number of amides is 2. The molecular weight excluding hydrogens is 446 g/mol. The molecule has 4 rings (SSSR count). The second-order valence-electron chi connectivity index (χ2n) is 7.02. The average Bonchev–Trinajstić information content (AvgIpc) is 3.15. The van der Waals surface area contributed by atoms with Gasteiger partial charge in [0.2, 0.25) is 5.91 Å². The molecule has 0 spiro atoms. The standard InChI is InChI=1S/C23H20ClN5O2S/c1-29-20(13-25-22(31)18-8-4-5-9-19(18)24)27-28-23(29)32-14-21(30)26-17-11-10-15-6-2-3-7-16(15)12-17/h2-12H,13-14H2,1H3,(H,25,31)(H,26,30). The number of thioether (sulfide) groups is 1. The fraction of sp³-hybridized carbons (Fsp3) is 0.130. The minimum Gasteiger partial charge on any atom is -0.345 e. The topological polar surface area (TPSA) is 88.9 Å². The first-order chi connectivity index (χ1) is 15.5. The molecule has 3 aromatic carbocycles. The molecule has 2 N–H and O–H groups in total. The summed E-state index contributed by atoms with van der Waals surface area (Å²) in [5.74, 6) is 0.331. The highest BCUT2D eigenvalue weighted by molar-refractivity contribution is 7.99. The number of hydrogen-bond donors (Lipinski definition) is 2. The van der Waals surface area contributed by atoms with Crippen molar-refractivity contribution in [2.75, 3.05) is 11.1 Å². The zero-order valence-corrected chi connectivity index (χ0v) is 18.8. The molecular formula is C23H20ClN5O2S. The van der Waals surface area contributed by atoms with Gasteiger partial charge in [-0.3, -0.25) is 9.59 Å². The number of nitrogens with zero attached hydrogens (tertiary/aromatic N) is 3. The van der Waals surface area contributed by atoms with Gasteiger partial charge in [0, 0.05) is 12.7 Å². The molecule has 0 saturated heterocycles. The van der Waals surface area contributed by atoms with E-state index in [9.17, 15) is 9.59 Å². The Morgan fingerprint density at radius 2 is 1.75 bits per heavy atom. The van der Waals surface area contributed by atoms with Gasteiger partial charge in [0.25, 0.3) is 5.91 Å². The zero-order chi connectivity index (χ0) is 22.5. The van der Waals surface area contributed by atoms with E-state index < -0.39 is 0 Å². The highest BCUT2D eigenvalue weighted by Crippen LogP contribution is 2.20. The molecule has 32 heavy (non-hydrogen) atoms. The SMILES string of the molecule is Cn1c(CNC(=O)c2ccccc2Cl)nnc1SCC(=O)Nc1ccc2ccccc2c1. The molecule has 9 heteroatoms. The fourth-order valence-electron chi connectivity index (χ4n) is 3.12. The van der Waals surface area contributed by atoms with Crippen molar-refractivity contribution in [2.45, 2.75) is 11.7 Å². The number of halogens is 1. The minimum absolute atomic E-state index is 0.137. The van der Waals surface area contributed by atoms with Crippen LogP contribution in [0.15, 0.2) is 71.9 Å². The van der Waals surface area contributed by atoms with Crippen LogP contribution in [0.25, 0.3) is 10.8 Å². The van der Waals surface area contributed by atoms with Crippen LogP contribution in [0.5, 0.6) is 0 Å². The van der Waals surface area contributed by atoms with E-state index in [1.54, 1.807) is 35.9 Å². The van der Waals surface area contributed by atoms with Crippen LogP contribution >= 0.6 is 23.4 Å². The molecule has 0 aliphatic rings. The first-order valence-corrected chi connectivity index (χ1v) is 11.2. The first kappa shape index (κ1) is 21.9. The van der Waals surface area contributed by atoms with Crippen LogP contribution in [-0.4, -0.2) is 32.3 Å². The van der Waals surface area contributed by atoms with Gasteiger partial charge >= 0.3 is 0 Å². The Bertz CT molecular complexity index is 1290. The number of aromatic nitrogens is 3. The Labute approximate surface area is 194 Å². The highest BCUT2D eigenvalue weighted by Gasteiger charge is 2.14. The van der Waals surface area contributed by atoms with Gasteiger partial charge in [-0.1, -0.05) is 65.8 Å². The summed E-state index contributed by atoms with van der Waals surface area (Å²) >= 11 is 7.33. The molecule has 0 aliphatic carbocycles. The van der Waals surface area contributed by atoms with Gasteiger partial charge in [-0.25, -0.2) is 0 Å². The normalized spacial score (nSPS) is 10.8. The van der Waals surface area contributed by atoms with Gasteiger partial charge in [-0.2, -0.15) is 0 Å². The summed E-state index contributed by atoms with van der Waals surface area (Å²) in [5, 5.41) is 17.1. The molecule has 0 atom stereocenters. The molecule has 0 unspecified atom stereocenters. The molecule has 0 fully saturated rings. The van der Waals surface area contributed by atoms with E-state index in [1.165, 1.54) is 11.8 Å². The van der Waals surface area contributed by atoms with Crippen LogP contribution in [0.3, 0.4) is 0 Å². The van der Waals surface area contributed by atoms with Crippen molar-refractivity contribution in [1.29, 1.82) is 0 Å². The van der Waals surface area contributed by atoms with Crippen molar-refractivity contribution in [3.05, 3.63) is 83.1 Å². The molecule has 1 aromatic heterocycles. The Balaban J connectivity index is 1.31. The van der Waals surface area contributed by atoms with Gasteiger partial charge < -0.3 is 15.2 Å². The predicted octanol–water partition coefficient (Wildman–Crippen LogP) is 4.28. The third-order valence-corrected chi connectivity index (χ3v) is 6.17. The molecule has 2 amide bonds. The van der Waals surface area contributed by atoms with Crippen LogP contribution in [0.2, 0.25) is 5.02 Å². The number of hydrogen-bond acceptors (Lipinski definition) is 5. The van der Waals surface area contributed by atoms with Crippen molar-refractivity contribution in [1.82, 2.24) is 20.1 Å². The summed E-state index contributed by atoms with van der Waals surface area (Å²) < 4.78 is 1.75. The summed E-state index contributed by atoms with van der Waals surface area (Å²) in [6, 6.07) is 20.6. The molecule has 4 aromatic rings. The maximum absolute atomic E-state index is 12.4. The largest absolute Gasteiger partial charge is 0.345 e. The maximum Gasteiger partial charge on any atom is 0.253 e. The number of carbonyl (C=O) groups is 2. The number of fused-ring (bicyclic) bond motifs is 1.